The molecule has 0 saturated heterocycles. The van der Waals surface area contributed by atoms with Gasteiger partial charge in [-0.1, -0.05) is 49.1 Å². The highest BCUT2D eigenvalue weighted by Crippen LogP contribution is 2.30. The summed E-state index contributed by atoms with van der Waals surface area (Å²) >= 11 is 6.12. The van der Waals surface area contributed by atoms with Crippen molar-refractivity contribution in [1.82, 2.24) is 14.9 Å². The van der Waals surface area contributed by atoms with Crippen molar-refractivity contribution in [2.75, 3.05) is 31.7 Å². The zero-order valence-corrected chi connectivity index (χ0v) is 21.1. The lowest BCUT2D eigenvalue weighted by atomic mass is 10.0. The van der Waals surface area contributed by atoms with Crippen LogP contribution in [0.15, 0.2) is 61.2 Å². The van der Waals surface area contributed by atoms with Crippen LogP contribution < -0.4 is 4.90 Å². The summed E-state index contributed by atoms with van der Waals surface area (Å²) in [6, 6.07) is 14.4. The molecule has 0 fully saturated rings. The average Bonchev–Trinajstić information content (AvgIpc) is 2.87. The lowest BCUT2D eigenvalue weighted by Gasteiger charge is -2.30. The van der Waals surface area contributed by atoms with Crippen LogP contribution in [0.2, 0.25) is 5.02 Å². The molecule has 0 bridgehead atoms. The summed E-state index contributed by atoms with van der Waals surface area (Å²) in [4.78, 5) is 25.8. The van der Waals surface area contributed by atoms with Crippen LogP contribution in [0.5, 0.6) is 0 Å². The lowest BCUT2D eigenvalue weighted by molar-refractivity contribution is -0.122. The van der Waals surface area contributed by atoms with Crippen molar-refractivity contribution >= 4 is 23.2 Å². The van der Waals surface area contributed by atoms with Crippen LogP contribution >= 0.6 is 11.6 Å². The first-order valence-corrected chi connectivity index (χ1v) is 12.7. The highest BCUT2D eigenvalue weighted by molar-refractivity contribution is 6.30. The third-order valence-electron chi connectivity index (χ3n) is 6.40. The molecule has 1 aliphatic heterocycles. The van der Waals surface area contributed by atoms with Gasteiger partial charge in [-0.05, 0) is 60.3 Å². The van der Waals surface area contributed by atoms with Crippen molar-refractivity contribution in [2.45, 2.75) is 45.2 Å². The fourth-order valence-corrected chi connectivity index (χ4v) is 4.75. The van der Waals surface area contributed by atoms with Gasteiger partial charge in [0.2, 0.25) is 0 Å². The molecule has 0 spiro atoms. The molecule has 35 heavy (non-hydrogen) atoms. The van der Waals surface area contributed by atoms with Crippen molar-refractivity contribution in [2.24, 2.45) is 0 Å². The van der Waals surface area contributed by atoms with E-state index in [2.05, 4.69) is 45.2 Å². The number of rotatable bonds is 5. The Morgan fingerprint density at radius 2 is 1.66 bits per heavy atom. The minimum absolute atomic E-state index is 0.00847. The van der Waals surface area contributed by atoms with Crippen LogP contribution in [0.1, 0.15) is 43.2 Å². The number of anilines is 1. The molecule has 0 aliphatic carbocycles. The summed E-state index contributed by atoms with van der Waals surface area (Å²) in [7, 11) is 1.57. The van der Waals surface area contributed by atoms with Gasteiger partial charge in [-0.25, -0.2) is 9.97 Å². The lowest BCUT2D eigenvalue weighted by Crippen LogP contribution is -2.36. The first kappa shape index (κ1) is 25.3. The molecule has 0 atom stereocenters. The van der Waals surface area contributed by atoms with Crippen LogP contribution in [0, 0.1) is 0 Å². The van der Waals surface area contributed by atoms with Gasteiger partial charge in [0, 0.05) is 55.4 Å². The maximum Gasteiger partial charge on any atom is 0.252 e. The molecule has 0 unspecified atom stereocenters. The molecule has 184 valence electrons. The minimum atomic E-state index is -0.00847. The van der Waals surface area contributed by atoms with Gasteiger partial charge in [0.1, 0.15) is 12.9 Å². The van der Waals surface area contributed by atoms with Crippen molar-refractivity contribution in [3.8, 4) is 11.1 Å². The maximum absolute atomic E-state index is 13.1. The fraction of sp³-hybridized carbons (Fsp3) is 0.393. The number of aromatic nitrogens is 2. The minimum Gasteiger partial charge on any atom is -0.375 e. The summed E-state index contributed by atoms with van der Waals surface area (Å²) in [5, 5.41) is 0.745. The Morgan fingerprint density at radius 1 is 0.943 bits per heavy atom. The summed E-state index contributed by atoms with van der Waals surface area (Å²) in [5.74, 6) is -0.00847. The zero-order chi connectivity index (χ0) is 24.5. The molecule has 3 aromatic rings. The van der Waals surface area contributed by atoms with Crippen LogP contribution in [-0.2, 0) is 22.6 Å². The molecule has 7 heteroatoms. The Bertz CT molecular complexity index is 1090. The quantitative estimate of drug-likeness (QED) is 0.454. The number of nitrogens with zero attached hydrogens (tertiary/aromatic N) is 4. The molecule has 0 N–H and O–H groups in total. The van der Waals surface area contributed by atoms with E-state index in [0.717, 1.165) is 66.3 Å². The van der Waals surface area contributed by atoms with Gasteiger partial charge in [-0.2, -0.15) is 0 Å². The van der Waals surface area contributed by atoms with Gasteiger partial charge in [-0.15, -0.1) is 0 Å². The summed E-state index contributed by atoms with van der Waals surface area (Å²) in [6.07, 6.45) is 10.8. The summed E-state index contributed by atoms with van der Waals surface area (Å²) in [6.45, 7) is 3.31. The predicted molar refractivity (Wildman–Crippen MR) is 140 cm³/mol. The van der Waals surface area contributed by atoms with Crippen LogP contribution in [-0.4, -0.2) is 47.6 Å². The van der Waals surface area contributed by atoms with Gasteiger partial charge in [0.25, 0.3) is 5.91 Å². The fourth-order valence-electron chi connectivity index (χ4n) is 4.62. The van der Waals surface area contributed by atoms with E-state index in [1.54, 1.807) is 7.11 Å². The molecular formula is C28H33ClN4O2. The van der Waals surface area contributed by atoms with E-state index in [1.807, 2.05) is 29.4 Å². The second kappa shape index (κ2) is 12.8. The second-order valence-electron chi connectivity index (χ2n) is 9.05. The van der Waals surface area contributed by atoms with E-state index in [9.17, 15) is 4.79 Å². The summed E-state index contributed by atoms with van der Waals surface area (Å²) < 4.78 is 5.22. The van der Waals surface area contributed by atoms with Crippen LogP contribution in [0.3, 0.4) is 0 Å². The number of benzene rings is 2. The molecule has 2 heterocycles. The Hall–Kier alpha value is -2.80. The van der Waals surface area contributed by atoms with E-state index in [-0.39, 0.29) is 12.5 Å². The van der Waals surface area contributed by atoms with Gasteiger partial charge in [-0.3, -0.25) is 9.69 Å². The Balaban J connectivity index is 1.72. The van der Waals surface area contributed by atoms with Crippen LogP contribution in [0.4, 0.5) is 5.69 Å². The first-order chi connectivity index (χ1) is 17.1. The number of ether oxygens (including phenoxy) is 1. The molecule has 6 nitrogen and oxygen atoms in total. The smallest absolute Gasteiger partial charge is 0.252 e. The van der Waals surface area contributed by atoms with E-state index in [1.165, 1.54) is 24.7 Å². The molecule has 1 aromatic heterocycles. The maximum atomic E-state index is 13.1. The number of methoxy groups -OCH3 is 1. The number of amides is 1. The van der Waals surface area contributed by atoms with Crippen molar-refractivity contribution in [3.63, 3.8) is 0 Å². The molecular weight excluding hydrogens is 460 g/mol. The molecule has 4 rings (SSSR count). The SMILES string of the molecule is COCC(=O)N1CCCCCCCN(Cc2ccc(Cl)cc2)Cc2cc(-c3cncnc3)ccc21. The predicted octanol–water partition coefficient (Wildman–Crippen LogP) is 5.74. The number of fused-ring (bicyclic) bond motifs is 1. The number of halogens is 1. The van der Waals surface area contributed by atoms with Crippen molar-refractivity contribution in [3.05, 3.63) is 77.3 Å². The average molecular weight is 493 g/mol. The number of hydrogen-bond acceptors (Lipinski definition) is 5. The highest BCUT2D eigenvalue weighted by atomic mass is 35.5. The van der Waals surface area contributed by atoms with Gasteiger partial charge >= 0.3 is 0 Å². The Kier molecular flexibility index (Phi) is 9.23. The van der Waals surface area contributed by atoms with Gasteiger partial charge in [0.15, 0.2) is 0 Å². The topological polar surface area (TPSA) is 58.6 Å². The van der Waals surface area contributed by atoms with E-state index < -0.39 is 0 Å². The monoisotopic (exact) mass is 492 g/mol. The standard InChI is InChI=1S/C28H33ClN4O2/c1-35-20-28(34)33-14-6-4-2-3-5-13-32(18-22-7-10-26(29)11-8-22)19-24-15-23(9-12-27(24)33)25-16-30-21-31-17-25/h7-12,15-17,21H,2-6,13-14,18-20H2,1H3. The second-order valence-corrected chi connectivity index (χ2v) is 9.49. The molecule has 2 aromatic carbocycles. The molecule has 0 radical (unpaired) electrons. The van der Waals surface area contributed by atoms with Gasteiger partial charge < -0.3 is 9.64 Å². The molecule has 1 aliphatic rings. The summed E-state index contributed by atoms with van der Waals surface area (Å²) in [5.41, 5.74) is 5.30. The highest BCUT2D eigenvalue weighted by Gasteiger charge is 2.21. The third kappa shape index (κ3) is 7.10. The third-order valence-corrected chi connectivity index (χ3v) is 6.65. The van der Waals surface area contributed by atoms with Gasteiger partial charge in [0.05, 0.1) is 0 Å². The van der Waals surface area contributed by atoms with Crippen molar-refractivity contribution in [1.29, 1.82) is 0 Å². The molecule has 1 amide bonds. The first-order valence-electron chi connectivity index (χ1n) is 12.3. The van der Waals surface area contributed by atoms with E-state index >= 15 is 0 Å². The van der Waals surface area contributed by atoms with Crippen LogP contribution in [0.25, 0.3) is 11.1 Å². The van der Waals surface area contributed by atoms with E-state index in [4.69, 9.17) is 16.3 Å². The Morgan fingerprint density at radius 3 is 2.40 bits per heavy atom. The number of hydrogen-bond donors (Lipinski definition) is 0. The normalized spacial score (nSPS) is 15.7. The number of carbonyl (C=O) groups excluding carboxylic acids is 1. The molecule has 0 saturated carbocycles. The van der Waals surface area contributed by atoms with Crippen molar-refractivity contribution < 1.29 is 9.53 Å². The largest absolute Gasteiger partial charge is 0.375 e. The number of carbonyl (C=O) groups is 1. The Labute approximate surface area is 212 Å². The zero-order valence-electron chi connectivity index (χ0n) is 20.3. The van der Waals surface area contributed by atoms with E-state index in [0.29, 0.717) is 6.54 Å².